The molecule has 4 heteroatoms. The highest BCUT2D eigenvalue weighted by molar-refractivity contribution is 5.72. The molecule has 0 aliphatic carbocycles. The molecule has 4 nitrogen and oxygen atoms in total. The van der Waals surface area contributed by atoms with Crippen LogP contribution < -0.4 is 4.74 Å². The molecule has 0 amide bonds. The fourth-order valence-corrected chi connectivity index (χ4v) is 5.72. The van der Waals surface area contributed by atoms with E-state index in [-0.39, 0.29) is 17.1 Å². The van der Waals surface area contributed by atoms with Crippen LogP contribution in [0, 0.1) is 23.7 Å². The van der Waals surface area contributed by atoms with Crippen molar-refractivity contribution >= 4 is 5.97 Å². The number of carbonyl (C=O) groups is 1. The van der Waals surface area contributed by atoms with Gasteiger partial charge in [-0.1, -0.05) is 128 Å². The molecule has 4 atom stereocenters. The van der Waals surface area contributed by atoms with E-state index in [0.717, 1.165) is 42.2 Å². The lowest BCUT2D eigenvalue weighted by molar-refractivity contribution is -0.132. The smallest absolute Gasteiger partial charge is 0.308 e. The molecule has 0 aromatic heterocycles. The highest BCUT2D eigenvalue weighted by Crippen LogP contribution is 2.49. The maximum atomic E-state index is 12.1. The second-order valence-corrected chi connectivity index (χ2v) is 15.0. The Morgan fingerprint density at radius 3 is 1.67 bits per heavy atom. The van der Waals surface area contributed by atoms with Crippen molar-refractivity contribution in [3.8, 4) is 11.5 Å². The van der Waals surface area contributed by atoms with E-state index in [9.17, 15) is 15.0 Å². The first kappa shape index (κ1) is 35.5. The lowest BCUT2D eigenvalue weighted by Crippen LogP contribution is -2.25. The number of carbonyl (C=O) groups excluding carboxylic acids is 1. The molecule has 0 heterocycles. The van der Waals surface area contributed by atoms with Gasteiger partial charge in [-0.3, -0.25) is 4.79 Å². The number of aromatic hydroxyl groups is 1. The highest BCUT2D eigenvalue weighted by Gasteiger charge is 2.36. The predicted molar refractivity (Wildman–Crippen MR) is 166 cm³/mol. The van der Waals surface area contributed by atoms with E-state index >= 15 is 0 Å². The van der Waals surface area contributed by atoms with Gasteiger partial charge in [0.2, 0.25) is 0 Å². The SMILES string of the molecule is CC(=O)Oc1c(C(C)(C)C)cc(O)c(C(O)C(C)CCCC(C)CCCC(C)CCCC(C)C)c1C(C)(C)C. The van der Waals surface area contributed by atoms with Crippen molar-refractivity contribution in [1.82, 2.24) is 0 Å². The average molecular weight is 547 g/mol. The van der Waals surface area contributed by atoms with Gasteiger partial charge in [0.1, 0.15) is 11.5 Å². The Balaban J connectivity index is 2.91. The number of phenols is 1. The lowest BCUT2D eigenvalue weighted by Gasteiger charge is -2.34. The predicted octanol–water partition coefficient (Wildman–Crippen LogP) is 10.0. The second-order valence-electron chi connectivity index (χ2n) is 15.0. The lowest BCUT2D eigenvalue weighted by atomic mass is 9.74. The van der Waals surface area contributed by atoms with Crippen LogP contribution in [-0.4, -0.2) is 16.2 Å². The highest BCUT2D eigenvalue weighted by atomic mass is 16.5. The first-order chi connectivity index (χ1) is 17.9. The number of ether oxygens (including phenoxy) is 1. The Bertz CT molecular complexity index is 887. The minimum absolute atomic E-state index is 0.0316. The number of hydrogen-bond acceptors (Lipinski definition) is 4. The van der Waals surface area contributed by atoms with Gasteiger partial charge in [-0.15, -0.1) is 0 Å². The molecule has 4 unspecified atom stereocenters. The van der Waals surface area contributed by atoms with Crippen LogP contribution >= 0.6 is 0 Å². The van der Waals surface area contributed by atoms with Crippen LogP contribution in [0.1, 0.15) is 164 Å². The quantitative estimate of drug-likeness (QED) is 0.170. The van der Waals surface area contributed by atoms with Crippen LogP contribution in [0.4, 0.5) is 0 Å². The van der Waals surface area contributed by atoms with Gasteiger partial charge < -0.3 is 14.9 Å². The molecule has 1 rings (SSSR count). The summed E-state index contributed by atoms with van der Waals surface area (Å²) >= 11 is 0. The van der Waals surface area contributed by atoms with Crippen LogP contribution in [0.15, 0.2) is 6.07 Å². The zero-order chi connectivity index (χ0) is 30.1. The first-order valence-electron chi connectivity index (χ1n) is 15.6. The summed E-state index contributed by atoms with van der Waals surface area (Å²) in [4.78, 5) is 12.1. The molecule has 226 valence electrons. The molecule has 0 saturated carbocycles. The third-order valence-electron chi connectivity index (χ3n) is 8.17. The van der Waals surface area contributed by atoms with Gasteiger partial charge in [0, 0.05) is 23.6 Å². The third-order valence-corrected chi connectivity index (χ3v) is 8.17. The fraction of sp³-hybridized carbons (Fsp3) is 0.800. The molecular weight excluding hydrogens is 484 g/mol. The van der Waals surface area contributed by atoms with Gasteiger partial charge in [-0.2, -0.15) is 0 Å². The van der Waals surface area contributed by atoms with E-state index < -0.39 is 17.5 Å². The summed E-state index contributed by atoms with van der Waals surface area (Å²) < 4.78 is 5.79. The van der Waals surface area contributed by atoms with Gasteiger partial charge in [0.15, 0.2) is 0 Å². The van der Waals surface area contributed by atoms with Crippen LogP contribution in [0.3, 0.4) is 0 Å². The van der Waals surface area contributed by atoms with Crippen molar-refractivity contribution in [2.24, 2.45) is 23.7 Å². The molecule has 0 saturated heterocycles. The maximum Gasteiger partial charge on any atom is 0.308 e. The van der Waals surface area contributed by atoms with Crippen LogP contribution in [0.2, 0.25) is 0 Å². The van der Waals surface area contributed by atoms with E-state index in [1.165, 1.54) is 45.4 Å². The van der Waals surface area contributed by atoms with Crippen molar-refractivity contribution < 1.29 is 19.7 Å². The number of esters is 1. The van der Waals surface area contributed by atoms with Crippen molar-refractivity contribution in [2.45, 2.75) is 158 Å². The number of hydrogen-bond donors (Lipinski definition) is 2. The van der Waals surface area contributed by atoms with E-state index in [1.54, 1.807) is 6.07 Å². The topological polar surface area (TPSA) is 66.8 Å². The molecule has 2 N–H and O–H groups in total. The Morgan fingerprint density at radius 1 is 0.795 bits per heavy atom. The summed E-state index contributed by atoms with van der Waals surface area (Å²) in [7, 11) is 0. The van der Waals surface area contributed by atoms with Gasteiger partial charge in [-0.25, -0.2) is 0 Å². The van der Waals surface area contributed by atoms with Crippen molar-refractivity contribution in [3.05, 3.63) is 22.8 Å². The minimum atomic E-state index is -0.843. The number of phenolic OH excluding ortho intramolecular Hbond substituents is 1. The Hall–Kier alpha value is -1.55. The number of aliphatic hydroxyl groups excluding tert-OH is 1. The monoisotopic (exact) mass is 546 g/mol. The fourth-order valence-electron chi connectivity index (χ4n) is 5.72. The molecular formula is C35H62O4. The molecule has 0 aliphatic heterocycles. The van der Waals surface area contributed by atoms with Crippen LogP contribution in [-0.2, 0) is 15.6 Å². The maximum absolute atomic E-state index is 12.1. The standard InChI is InChI=1S/C35H62O4/c1-23(2)16-13-17-24(3)18-14-19-25(4)20-15-21-26(5)32(38)30-29(37)22-28(34(7,8)9)33(39-27(6)36)31(30)35(10,11)12/h22-26,32,37-38H,13-21H2,1-12H3. The van der Waals surface area contributed by atoms with Crippen LogP contribution in [0.25, 0.3) is 0 Å². The molecule has 1 aromatic carbocycles. The molecule has 0 fully saturated rings. The van der Waals surface area contributed by atoms with Gasteiger partial charge in [0.25, 0.3) is 0 Å². The first-order valence-corrected chi connectivity index (χ1v) is 15.6. The normalized spacial score (nSPS) is 15.7. The molecule has 0 radical (unpaired) electrons. The number of aliphatic hydroxyl groups is 1. The van der Waals surface area contributed by atoms with Gasteiger partial charge >= 0.3 is 5.97 Å². The zero-order valence-electron chi connectivity index (χ0n) is 27.5. The van der Waals surface area contributed by atoms with Crippen LogP contribution in [0.5, 0.6) is 11.5 Å². The van der Waals surface area contributed by atoms with Crippen molar-refractivity contribution in [2.75, 3.05) is 0 Å². The summed E-state index contributed by atoms with van der Waals surface area (Å²) in [5, 5.41) is 22.8. The van der Waals surface area contributed by atoms with Gasteiger partial charge in [-0.05, 0) is 47.0 Å². The van der Waals surface area contributed by atoms with Gasteiger partial charge in [0.05, 0.1) is 6.10 Å². The molecule has 1 aromatic rings. The summed E-state index contributed by atoms with van der Waals surface area (Å²) in [6, 6.07) is 1.69. The molecule has 39 heavy (non-hydrogen) atoms. The Kier molecular flexibility index (Phi) is 14.1. The molecule has 0 aliphatic rings. The Morgan fingerprint density at radius 2 is 1.26 bits per heavy atom. The molecule has 0 bridgehead atoms. The van der Waals surface area contributed by atoms with E-state index in [4.69, 9.17) is 4.74 Å². The van der Waals surface area contributed by atoms with E-state index in [2.05, 4.69) is 34.6 Å². The summed E-state index contributed by atoms with van der Waals surface area (Å²) in [6.07, 6.45) is 10.2. The van der Waals surface area contributed by atoms with Crippen molar-refractivity contribution in [3.63, 3.8) is 0 Å². The summed E-state index contributed by atoms with van der Waals surface area (Å²) in [6.45, 7) is 25.0. The summed E-state index contributed by atoms with van der Waals surface area (Å²) in [5.41, 5.74) is 1.20. The van der Waals surface area contributed by atoms with Crippen molar-refractivity contribution in [1.29, 1.82) is 0 Å². The third kappa shape index (κ3) is 11.8. The molecule has 0 spiro atoms. The Labute approximate surface area is 241 Å². The minimum Gasteiger partial charge on any atom is -0.508 e. The van der Waals surface area contributed by atoms with E-state index in [0.29, 0.717) is 17.2 Å². The zero-order valence-corrected chi connectivity index (χ0v) is 27.5. The number of benzene rings is 1. The average Bonchev–Trinajstić information content (AvgIpc) is 2.77. The van der Waals surface area contributed by atoms with E-state index in [1.807, 2.05) is 41.5 Å². The largest absolute Gasteiger partial charge is 0.508 e. The number of rotatable bonds is 15. The summed E-state index contributed by atoms with van der Waals surface area (Å²) in [5.74, 6) is 2.43. The second kappa shape index (κ2) is 15.5.